The van der Waals surface area contributed by atoms with Crippen LogP contribution in [0, 0.1) is 0 Å². The standard InChI is InChI=1S/C6H12I3N3S3/c7-13-10-1-2-11(14-8)5-6-12(15-9)4-3-10/h1-6H2. The highest BCUT2D eigenvalue weighted by Crippen LogP contribution is 2.25. The molecule has 1 rings (SSSR count). The van der Waals surface area contributed by atoms with E-state index in [0.29, 0.717) is 0 Å². The molecule has 1 fully saturated rings. The predicted octanol–water partition coefficient (Wildman–Crippen LogP) is 3.90. The molecule has 0 unspecified atom stereocenters. The van der Waals surface area contributed by atoms with Gasteiger partial charge < -0.3 is 0 Å². The Morgan fingerprint density at radius 1 is 0.533 bits per heavy atom. The third-order valence-corrected chi connectivity index (χ3v) is 8.78. The van der Waals surface area contributed by atoms with Crippen LogP contribution in [0.15, 0.2) is 0 Å². The number of nitrogens with zero attached hydrogens (tertiary/aromatic N) is 3. The number of hydrogen-bond donors (Lipinski definition) is 0. The Hall–Kier alpha value is 3.12. The molecular weight excluding hydrogens is 591 g/mol. The van der Waals surface area contributed by atoms with Gasteiger partial charge in [-0.25, -0.2) is 12.9 Å². The van der Waals surface area contributed by atoms with E-state index in [1.54, 1.807) is 0 Å². The van der Waals surface area contributed by atoms with E-state index in [4.69, 9.17) is 0 Å². The number of hydrogen-bond acceptors (Lipinski definition) is 6. The fourth-order valence-corrected chi connectivity index (χ4v) is 5.66. The van der Waals surface area contributed by atoms with Gasteiger partial charge in [-0.1, -0.05) is 0 Å². The van der Waals surface area contributed by atoms with Crippen LogP contribution < -0.4 is 0 Å². The SMILES string of the molecule is ISN1CCN(SI)CCN(SI)CC1. The molecule has 0 aromatic heterocycles. The first-order valence-electron chi connectivity index (χ1n) is 4.41. The van der Waals surface area contributed by atoms with Crippen molar-refractivity contribution in [3.05, 3.63) is 0 Å². The summed E-state index contributed by atoms with van der Waals surface area (Å²) in [5, 5.41) is 0. The summed E-state index contributed by atoms with van der Waals surface area (Å²) < 4.78 is 7.31. The zero-order valence-corrected chi connectivity index (χ0v) is 16.9. The van der Waals surface area contributed by atoms with Crippen LogP contribution in [0.1, 0.15) is 0 Å². The van der Waals surface area contributed by atoms with Gasteiger partial charge in [0, 0.05) is 103 Å². The van der Waals surface area contributed by atoms with Crippen LogP contribution >= 0.6 is 91.0 Å². The van der Waals surface area contributed by atoms with Gasteiger partial charge in [-0.3, -0.25) is 0 Å². The molecule has 0 amide bonds. The number of halogens is 3. The summed E-state index contributed by atoms with van der Waals surface area (Å²) in [5.41, 5.74) is 0. The zero-order chi connectivity index (χ0) is 11.1. The summed E-state index contributed by atoms with van der Waals surface area (Å²) in [6, 6.07) is 0. The van der Waals surface area contributed by atoms with E-state index in [9.17, 15) is 0 Å². The lowest BCUT2D eigenvalue weighted by Gasteiger charge is -2.20. The van der Waals surface area contributed by atoms with Crippen molar-refractivity contribution in [2.75, 3.05) is 39.3 Å². The molecule has 0 saturated carbocycles. The average Bonchev–Trinajstić information content (AvgIpc) is 2.38. The van der Waals surface area contributed by atoms with Gasteiger partial charge in [0.2, 0.25) is 0 Å². The molecule has 1 aliphatic heterocycles. The minimum absolute atomic E-state index is 1.16. The van der Waals surface area contributed by atoms with Gasteiger partial charge in [0.15, 0.2) is 0 Å². The zero-order valence-electron chi connectivity index (χ0n) is 7.94. The monoisotopic (exact) mass is 603 g/mol. The minimum Gasteiger partial charge on any atom is -0.239 e. The van der Waals surface area contributed by atoms with Gasteiger partial charge in [-0.2, -0.15) is 0 Å². The lowest BCUT2D eigenvalue weighted by molar-refractivity contribution is 0.422. The van der Waals surface area contributed by atoms with Crippen molar-refractivity contribution < 1.29 is 0 Å². The van der Waals surface area contributed by atoms with Crippen LogP contribution in [0.4, 0.5) is 0 Å². The fourth-order valence-electron chi connectivity index (χ4n) is 1.21. The van der Waals surface area contributed by atoms with E-state index in [-0.39, 0.29) is 0 Å². The van der Waals surface area contributed by atoms with Gasteiger partial charge in [-0.05, 0) is 27.4 Å². The molecule has 90 valence electrons. The second kappa shape index (κ2) is 9.97. The van der Waals surface area contributed by atoms with E-state index in [2.05, 4.69) is 76.5 Å². The topological polar surface area (TPSA) is 9.72 Å². The van der Waals surface area contributed by atoms with Crippen LogP contribution in [0.2, 0.25) is 0 Å². The number of rotatable bonds is 3. The third-order valence-electron chi connectivity index (χ3n) is 2.09. The normalized spacial score (nSPS) is 23.4. The van der Waals surface area contributed by atoms with E-state index in [1.165, 1.54) is 0 Å². The molecule has 0 atom stereocenters. The van der Waals surface area contributed by atoms with E-state index >= 15 is 0 Å². The fraction of sp³-hybridized carbons (Fsp3) is 1.00. The van der Waals surface area contributed by atoms with Crippen molar-refractivity contribution >= 4 is 91.0 Å². The van der Waals surface area contributed by atoms with Gasteiger partial charge in [0.1, 0.15) is 0 Å². The minimum atomic E-state index is 1.16. The Morgan fingerprint density at radius 3 is 0.867 bits per heavy atom. The molecule has 0 aromatic carbocycles. The van der Waals surface area contributed by atoms with E-state index < -0.39 is 0 Å². The second-order valence-corrected chi connectivity index (χ2v) is 8.50. The lowest BCUT2D eigenvalue weighted by Crippen LogP contribution is -2.27. The molecule has 0 bridgehead atoms. The maximum absolute atomic E-state index is 2.44. The summed E-state index contributed by atoms with van der Waals surface area (Å²) in [6.07, 6.45) is 0. The molecule has 1 aliphatic rings. The second-order valence-electron chi connectivity index (χ2n) is 2.99. The maximum Gasteiger partial charge on any atom is 0.0235 e. The van der Waals surface area contributed by atoms with Crippen LogP contribution in [-0.2, 0) is 0 Å². The smallest absolute Gasteiger partial charge is 0.0235 e. The first kappa shape index (κ1) is 16.2. The summed E-state index contributed by atoms with van der Waals surface area (Å²) >= 11 is 7.13. The predicted molar refractivity (Wildman–Crippen MR) is 99.6 cm³/mol. The van der Waals surface area contributed by atoms with Gasteiger partial charge in [-0.15, -0.1) is 0 Å². The highest BCUT2D eigenvalue weighted by Gasteiger charge is 2.15. The largest absolute Gasteiger partial charge is 0.239 e. The van der Waals surface area contributed by atoms with Gasteiger partial charge in [0.05, 0.1) is 0 Å². The van der Waals surface area contributed by atoms with Crippen LogP contribution in [0.25, 0.3) is 0 Å². The van der Waals surface area contributed by atoms with Crippen molar-refractivity contribution in [2.45, 2.75) is 0 Å². The Labute approximate surface area is 141 Å². The molecule has 9 heteroatoms. The van der Waals surface area contributed by atoms with Crippen molar-refractivity contribution in [3.8, 4) is 0 Å². The maximum atomic E-state index is 2.44. The van der Waals surface area contributed by atoms with Crippen LogP contribution in [-0.4, -0.2) is 52.2 Å². The van der Waals surface area contributed by atoms with Gasteiger partial charge >= 0.3 is 0 Å². The van der Waals surface area contributed by atoms with Gasteiger partial charge in [0.25, 0.3) is 0 Å². The molecule has 1 saturated heterocycles. The quantitative estimate of drug-likeness (QED) is 0.356. The average molecular weight is 603 g/mol. The van der Waals surface area contributed by atoms with Crippen LogP contribution in [0.5, 0.6) is 0 Å². The van der Waals surface area contributed by atoms with Crippen molar-refractivity contribution in [2.24, 2.45) is 0 Å². The van der Waals surface area contributed by atoms with Crippen molar-refractivity contribution in [1.29, 1.82) is 0 Å². The third kappa shape index (κ3) is 6.73. The summed E-state index contributed by atoms with van der Waals surface area (Å²) in [4.78, 5) is 0. The highest BCUT2D eigenvalue weighted by molar-refractivity contribution is 14.2. The highest BCUT2D eigenvalue weighted by atomic mass is 127. The summed E-state index contributed by atoms with van der Waals surface area (Å²) in [7, 11) is 5.49. The molecule has 0 radical (unpaired) electrons. The Kier molecular flexibility index (Phi) is 10.8. The van der Waals surface area contributed by atoms with E-state index in [0.717, 1.165) is 39.3 Å². The first-order chi connectivity index (χ1) is 7.30. The molecule has 15 heavy (non-hydrogen) atoms. The van der Waals surface area contributed by atoms with E-state index in [1.807, 2.05) is 27.4 Å². The molecule has 0 spiro atoms. The molecule has 1 heterocycles. The molecular formula is C6H12I3N3S3. The molecule has 0 aromatic rings. The van der Waals surface area contributed by atoms with Crippen molar-refractivity contribution in [1.82, 2.24) is 12.9 Å². The molecule has 0 aliphatic carbocycles. The van der Waals surface area contributed by atoms with Crippen LogP contribution in [0.3, 0.4) is 0 Å². The summed E-state index contributed by atoms with van der Waals surface area (Å²) in [5.74, 6) is 0. The Morgan fingerprint density at radius 2 is 0.733 bits per heavy atom. The Bertz CT molecular complexity index is 138. The molecule has 0 N–H and O–H groups in total. The van der Waals surface area contributed by atoms with Crippen molar-refractivity contribution in [3.63, 3.8) is 0 Å². The summed E-state index contributed by atoms with van der Waals surface area (Å²) in [6.45, 7) is 6.94. The first-order valence-corrected chi connectivity index (χ1v) is 14.4. The lowest BCUT2D eigenvalue weighted by atomic mass is 10.5. The Balaban J connectivity index is 2.47. The molecule has 3 nitrogen and oxygen atoms in total.